The van der Waals surface area contributed by atoms with E-state index >= 15 is 0 Å². The number of hydrazine groups is 1. The second-order valence-electron chi connectivity index (χ2n) is 11.6. The summed E-state index contributed by atoms with van der Waals surface area (Å²) >= 11 is 5.84. The Labute approximate surface area is 301 Å². The molecule has 0 aliphatic rings. The highest BCUT2D eigenvalue weighted by Gasteiger charge is 2.34. The topological polar surface area (TPSA) is 193 Å². The smallest absolute Gasteiger partial charge is 0.409 e. The number of hydrogen-bond donors (Lipinski definition) is 6. The molecule has 0 saturated carbocycles. The summed E-state index contributed by atoms with van der Waals surface area (Å²) in [7, 11) is 4.77. The molecule has 0 fully saturated rings. The number of amides is 4. The molecule has 1 aromatic carbocycles. The molecule has 3 heterocycles. The highest BCUT2D eigenvalue weighted by atomic mass is 35.5. The number of anilines is 3. The van der Waals surface area contributed by atoms with Gasteiger partial charge in [0, 0.05) is 70.7 Å². The minimum atomic E-state index is -4.66. The van der Waals surface area contributed by atoms with Crippen LogP contribution in [0, 0.1) is 0 Å². The molecule has 4 amide bonds. The van der Waals surface area contributed by atoms with Crippen LogP contribution in [0.2, 0.25) is 0 Å². The van der Waals surface area contributed by atoms with Crippen LogP contribution in [0.15, 0.2) is 60.1 Å². The Morgan fingerprint density at radius 2 is 1.42 bits per heavy atom. The van der Waals surface area contributed by atoms with E-state index < -0.39 is 35.4 Å². The summed E-state index contributed by atoms with van der Waals surface area (Å²) in [5.41, 5.74) is 8.42. The van der Waals surface area contributed by atoms with Gasteiger partial charge in [-0.15, -0.1) is 11.6 Å². The molecule has 0 aliphatic carbocycles. The molecule has 7 N–H and O–H groups in total. The van der Waals surface area contributed by atoms with Crippen LogP contribution in [0.1, 0.15) is 66.3 Å². The van der Waals surface area contributed by atoms with E-state index in [9.17, 15) is 32.3 Å². The number of hydrogen-bond acceptors (Lipinski definition) is 7. The van der Waals surface area contributed by atoms with Gasteiger partial charge in [-0.25, -0.2) is 10.4 Å². The summed E-state index contributed by atoms with van der Waals surface area (Å²) in [4.78, 5) is 52.6. The molecule has 0 aliphatic heterocycles. The predicted octanol–water partition coefficient (Wildman–Crippen LogP) is 4.04. The minimum absolute atomic E-state index is 0.0388. The zero-order chi connectivity index (χ0) is 38.3. The fourth-order valence-electron chi connectivity index (χ4n) is 5.29. The van der Waals surface area contributed by atoms with E-state index in [0.29, 0.717) is 5.69 Å². The number of aromatic nitrogens is 3. The first kappa shape index (κ1) is 39.0. The Balaban J connectivity index is 1.48. The lowest BCUT2D eigenvalue weighted by Crippen LogP contribution is -2.44. The standard InChI is InChI=1S/C33H38ClF3N10O5/c1-5-19-6-7-20(12-24(19)33(35,36)37)32(51)47(40-11-9-34)23-15-27(46(4)18-23)31(50)42-22-14-26(45(3)17-22)30(49)41-21-13-25(44(2)16-21)29(48)39-10-8-28(38)43-52/h6-7,12-18,40,52H,5,8-11H2,1-4H3,(H2,38,43)(H,39,48)(H,41,49)(H,42,50). The van der Waals surface area contributed by atoms with Crippen molar-refractivity contribution in [2.75, 3.05) is 34.6 Å². The van der Waals surface area contributed by atoms with Gasteiger partial charge >= 0.3 is 6.18 Å². The molecular weight excluding hydrogens is 709 g/mol. The Bertz CT molecular complexity index is 2000. The van der Waals surface area contributed by atoms with Crippen LogP contribution in [0.25, 0.3) is 0 Å². The second kappa shape index (κ2) is 16.5. The third-order valence-electron chi connectivity index (χ3n) is 7.88. The van der Waals surface area contributed by atoms with Crippen molar-refractivity contribution in [2.45, 2.75) is 25.9 Å². The van der Waals surface area contributed by atoms with Crippen molar-refractivity contribution < 1.29 is 37.6 Å². The van der Waals surface area contributed by atoms with E-state index in [1.54, 1.807) is 34.3 Å². The second-order valence-corrected chi connectivity index (χ2v) is 12.0. The van der Waals surface area contributed by atoms with Gasteiger partial charge < -0.3 is 40.6 Å². The monoisotopic (exact) mass is 746 g/mol. The number of rotatable bonds is 14. The molecule has 15 nitrogen and oxygen atoms in total. The molecule has 278 valence electrons. The summed E-state index contributed by atoms with van der Waals surface area (Å²) in [6, 6.07) is 7.68. The number of amidine groups is 1. The number of halogens is 4. The molecule has 0 spiro atoms. The van der Waals surface area contributed by atoms with Gasteiger partial charge in [0.2, 0.25) is 0 Å². The number of benzene rings is 1. The number of aryl methyl sites for hydroxylation is 4. The number of nitrogens with zero attached hydrogens (tertiary/aromatic N) is 5. The lowest BCUT2D eigenvalue weighted by atomic mass is 10.0. The largest absolute Gasteiger partial charge is 0.416 e. The van der Waals surface area contributed by atoms with Gasteiger partial charge in [0.1, 0.15) is 22.9 Å². The number of alkyl halides is 4. The zero-order valence-corrected chi connectivity index (χ0v) is 29.4. The van der Waals surface area contributed by atoms with E-state index in [1.807, 2.05) is 0 Å². The van der Waals surface area contributed by atoms with Crippen molar-refractivity contribution in [3.05, 3.63) is 88.8 Å². The van der Waals surface area contributed by atoms with E-state index in [4.69, 9.17) is 22.5 Å². The van der Waals surface area contributed by atoms with E-state index in [1.165, 1.54) is 56.4 Å². The van der Waals surface area contributed by atoms with Crippen molar-refractivity contribution in [3.8, 4) is 0 Å². The van der Waals surface area contributed by atoms with Crippen molar-refractivity contribution in [1.82, 2.24) is 24.4 Å². The third kappa shape index (κ3) is 9.12. The fraction of sp³-hybridized carbons (Fsp3) is 0.303. The van der Waals surface area contributed by atoms with Gasteiger partial charge in [0.15, 0.2) is 0 Å². The maximum atomic E-state index is 13.7. The van der Waals surface area contributed by atoms with E-state index in [2.05, 4.69) is 26.5 Å². The Kier molecular flexibility index (Phi) is 12.4. The van der Waals surface area contributed by atoms with Crippen LogP contribution in [-0.4, -0.2) is 67.3 Å². The maximum absolute atomic E-state index is 13.7. The summed E-state index contributed by atoms with van der Waals surface area (Å²) in [6.45, 7) is 1.81. The molecule has 52 heavy (non-hydrogen) atoms. The normalized spacial score (nSPS) is 11.7. The number of nitrogens with two attached hydrogens (primary N) is 1. The highest BCUT2D eigenvalue weighted by molar-refractivity contribution is 6.18. The quantitative estimate of drug-likeness (QED) is 0.0369. The predicted molar refractivity (Wildman–Crippen MR) is 189 cm³/mol. The average molecular weight is 747 g/mol. The fourth-order valence-corrected chi connectivity index (χ4v) is 5.38. The molecule has 19 heteroatoms. The highest BCUT2D eigenvalue weighted by Crippen LogP contribution is 2.33. The van der Waals surface area contributed by atoms with Gasteiger partial charge in [-0.3, -0.25) is 19.2 Å². The summed E-state index contributed by atoms with van der Waals surface area (Å²) in [5.74, 6) is -2.33. The summed E-state index contributed by atoms with van der Waals surface area (Å²) < 4.78 is 45.7. The average Bonchev–Trinajstić information content (AvgIpc) is 3.78. The number of nitrogens with one attached hydrogen (secondary N) is 4. The summed E-state index contributed by atoms with van der Waals surface area (Å²) in [6.07, 6.45) is 0.108. The number of carbonyl (C=O) groups excluding carboxylic acids is 4. The lowest BCUT2D eigenvalue weighted by molar-refractivity contribution is -0.138. The van der Waals surface area contributed by atoms with E-state index in [0.717, 1.165) is 11.1 Å². The Hall–Kier alpha value is -5.75. The zero-order valence-electron chi connectivity index (χ0n) is 28.6. The molecule has 4 rings (SSSR count). The van der Waals surface area contributed by atoms with Gasteiger partial charge in [-0.1, -0.05) is 18.1 Å². The van der Waals surface area contributed by atoms with Crippen LogP contribution in [0.3, 0.4) is 0 Å². The molecule has 0 bridgehead atoms. The van der Waals surface area contributed by atoms with Gasteiger partial charge in [0.05, 0.1) is 22.6 Å². The SMILES string of the molecule is CCc1ccc(C(=O)N(NCCCl)c2cc(C(=O)Nc3cc(C(=O)Nc4cc(C(=O)NCC/C(N)=N/O)n(C)c4)n(C)c3)n(C)c2)cc1C(F)(F)F. The first-order chi connectivity index (χ1) is 24.6. The van der Waals surface area contributed by atoms with Crippen molar-refractivity contribution in [1.29, 1.82) is 0 Å². The number of carbonyl (C=O) groups is 4. The molecule has 0 saturated heterocycles. The van der Waals surface area contributed by atoms with Crippen LogP contribution < -0.4 is 32.1 Å². The third-order valence-corrected chi connectivity index (χ3v) is 8.07. The first-order valence-electron chi connectivity index (χ1n) is 15.8. The van der Waals surface area contributed by atoms with Crippen molar-refractivity contribution >= 4 is 58.1 Å². The molecule has 3 aromatic heterocycles. The molecule has 0 atom stereocenters. The van der Waals surface area contributed by atoms with Crippen LogP contribution in [0.4, 0.5) is 30.2 Å². The Morgan fingerprint density at radius 1 is 0.865 bits per heavy atom. The van der Waals surface area contributed by atoms with Crippen LogP contribution >= 0.6 is 11.6 Å². The molecule has 4 aromatic rings. The molecule has 0 unspecified atom stereocenters. The Morgan fingerprint density at radius 3 is 1.96 bits per heavy atom. The van der Waals surface area contributed by atoms with Gasteiger partial charge in [-0.2, -0.15) is 13.2 Å². The molecular formula is C33H38ClF3N10O5. The summed E-state index contributed by atoms with van der Waals surface area (Å²) in [5, 5.41) is 20.6. The van der Waals surface area contributed by atoms with E-state index in [-0.39, 0.29) is 77.2 Å². The lowest BCUT2D eigenvalue weighted by Gasteiger charge is -2.23. The van der Waals surface area contributed by atoms with Gasteiger partial charge in [0.25, 0.3) is 23.6 Å². The van der Waals surface area contributed by atoms with Gasteiger partial charge in [-0.05, 0) is 42.3 Å². The van der Waals surface area contributed by atoms with Crippen molar-refractivity contribution in [3.63, 3.8) is 0 Å². The molecule has 0 radical (unpaired) electrons. The maximum Gasteiger partial charge on any atom is 0.416 e. The first-order valence-corrected chi connectivity index (χ1v) is 16.3. The number of oxime groups is 1. The van der Waals surface area contributed by atoms with Crippen LogP contribution in [-0.2, 0) is 33.7 Å². The minimum Gasteiger partial charge on any atom is -0.409 e. The van der Waals surface area contributed by atoms with Crippen LogP contribution in [0.5, 0.6) is 0 Å². The van der Waals surface area contributed by atoms with Crippen molar-refractivity contribution in [2.24, 2.45) is 32.0 Å².